The molecule has 2 fully saturated rings. The second-order valence-corrected chi connectivity index (χ2v) is 9.71. The van der Waals surface area contributed by atoms with E-state index in [9.17, 15) is 18.0 Å². The lowest BCUT2D eigenvalue weighted by molar-refractivity contribution is 0.0949. The van der Waals surface area contributed by atoms with Gasteiger partial charge in [-0.05, 0) is 68.1 Å². The fourth-order valence-corrected chi connectivity index (χ4v) is 4.99. The minimum absolute atomic E-state index is 0.152. The molecule has 8 heteroatoms. The van der Waals surface area contributed by atoms with Crippen molar-refractivity contribution in [2.45, 2.75) is 43.0 Å². The van der Waals surface area contributed by atoms with Crippen molar-refractivity contribution < 1.29 is 18.0 Å². The molecule has 2 aromatic carbocycles. The van der Waals surface area contributed by atoms with Crippen LogP contribution in [0.4, 0.5) is 5.69 Å². The van der Waals surface area contributed by atoms with Gasteiger partial charge in [-0.25, -0.2) is 8.42 Å². The Morgan fingerprint density at radius 3 is 2.23 bits per heavy atom. The number of nitrogens with one attached hydrogen (secondary N) is 2. The van der Waals surface area contributed by atoms with E-state index in [-0.39, 0.29) is 22.8 Å². The molecule has 2 amide bonds. The SMILES string of the molecule is O=C(Nc1cccc(C(=O)NC2CC2)c1)c1ccc(S(=O)(=O)N2CCCCC2)cc1. The second-order valence-electron chi connectivity index (χ2n) is 7.77. The summed E-state index contributed by atoms with van der Waals surface area (Å²) < 4.78 is 27.0. The van der Waals surface area contributed by atoms with Crippen LogP contribution in [0.15, 0.2) is 53.4 Å². The summed E-state index contributed by atoms with van der Waals surface area (Å²) in [5, 5.41) is 5.68. The highest BCUT2D eigenvalue weighted by molar-refractivity contribution is 7.89. The fraction of sp³-hybridized carbons (Fsp3) is 0.364. The summed E-state index contributed by atoms with van der Waals surface area (Å²) in [6.07, 6.45) is 4.81. The molecule has 0 bridgehead atoms. The van der Waals surface area contributed by atoms with E-state index in [0.29, 0.717) is 29.9 Å². The smallest absolute Gasteiger partial charge is 0.255 e. The van der Waals surface area contributed by atoms with Crippen molar-refractivity contribution in [3.05, 3.63) is 59.7 Å². The Balaban J connectivity index is 1.43. The lowest BCUT2D eigenvalue weighted by atomic mass is 10.1. The van der Waals surface area contributed by atoms with Gasteiger partial charge in [0.15, 0.2) is 0 Å². The number of hydrogen-bond acceptors (Lipinski definition) is 4. The van der Waals surface area contributed by atoms with Gasteiger partial charge in [0, 0.05) is 35.9 Å². The minimum Gasteiger partial charge on any atom is -0.349 e. The van der Waals surface area contributed by atoms with Gasteiger partial charge in [0.25, 0.3) is 11.8 Å². The molecule has 1 heterocycles. The van der Waals surface area contributed by atoms with E-state index in [2.05, 4.69) is 10.6 Å². The predicted octanol–water partition coefficient (Wildman–Crippen LogP) is 3.01. The van der Waals surface area contributed by atoms with E-state index in [0.717, 1.165) is 32.1 Å². The lowest BCUT2D eigenvalue weighted by Crippen LogP contribution is -2.35. The molecule has 1 aliphatic carbocycles. The van der Waals surface area contributed by atoms with Crippen molar-refractivity contribution in [2.75, 3.05) is 18.4 Å². The minimum atomic E-state index is -3.53. The Labute approximate surface area is 176 Å². The fourth-order valence-electron chi connectivity index (χ4n) is 3.47. The number of sulfonamides is 1. The maximum atomic E-state index is 12.7. The van der Waals surface area contributed by atoms with Crippen molar-refractivity contribution in [1.29, 1.82) is 0 Å². The number of amides is 2. The van der Waals surface area contributed by atoms with Crippen LogP contribution in [0.5, 0.6) is 0 Å². The van der Waals surface area contributed by atoms with Crippen LogP contribution < -0.4 is 10.6 Å². The molecule has 0 aromatic heterocycles. The molecular weight excluding hydrogens is 402 g/mol. The summed E-state index contributed by atoms with van der Waals surface area (Å²) in [5.41, 5.74) is 1.34. The number of carbonyl (C=O) groups excluding carboxylic acids is 2. The average Bonchev–Trinajstić information content (AvgIpc) is 3.58. The number of benzene rings is 2. The van der Waals surface area contributed by atoms with Crippen molar-refractivity contribution >= 4 is 27.5 Å². The number of piperidine rings is 1. The standard InChI is InChI=1S/C22H25N3O4S/c26-21(24-19-6-4-5-17(15-19)22(27)23-18-9-10-18)16-7-11-20(12-8-16)30(28,29)25-13-2-1-3-14-25/h4-8,11-12,15,18H,1-3,9-10,13-14H2,(H,23,27)(H,24,26). The van der Waals surface area contributed by atoms with Gasteiger partial charge in [0.05, 0.1) is 4.90 Å². The summed E-state index contributed by atoms with van der Waals surface area (Å²) in [4.78, 5) is 24.9. The van der Waals surface area contributed by atoms with E-state index in [1.807, 2.05) is 0 Å². The maximum Gasteiger partial charge on any atom is 0.255 e. The predicted molar refractivity (Wildman–Crippen MR) is 114 cm³/mol. The van der Waals surface area contributed by atoms with Gasteiger partial charge in [-0.3, -0.25) is 9.59 Å². The molecular formula is C22H25N3O4S. The molecule has 0 radical (unpaired) electrons. The normalized spacial score (nSPS) is 17.3. The molecule has 0 unspecified atom stereocenters. The lowest BCUT2D eigenvalue weighted by Gasteiger charge is -2.25. The van der Waals surface area contributed by atoms with E-state index in [4.69, 9.17) is 0 Å². The molecule has 4 rings (SSSR count). The summed E-state index contributed by atoms with van der Waals surface area (Å²) in [5.74, 6) is -0.516. The molecule has 158 valence electrons. The Morgan fingerprint density at radius 2 is 1.57 bits per heavy atom. The third-order valence-corrected chi connectivity index (χ3v) is 7.28. The molecule has 1 saturated carbocycles. The summed E-state index contributed by atoms with van der Waals surface area (Å²) in [6, 6.07) is 13.0. The van der Waals surface area contributed by atoms with Crippen molar-refractivity contribution in [2.24, 2.45) is 0 Å². The van der Waals surface area contributed by atoms with Gasteiger partial charge in [0.1, 0.15) is 0 Å². The van der Waals surface area contributed by atoms with Crippen LogP contribution in [-0.2, 0) is 10.0 Å². The number of nitrogens with zero attached hydrogens (tertiary/aromatic N) is 1. The zero-order valence-corrected chi connectivity index (χ0v) is 17.5. The molecule has 2 N–H and O–H groups in total. The van der Waals surface area contributed by atoms with Crippen LogP contribution >= 0.6 is 0 Å². The molecule has 1 saturated heterocycles. The van der Waals surface area contributed by atoms with Crippen molar-refractivity contribution in [1.82, 2.24) is 9.62 Å². The van der Waals surface area contributed by atoms with Crippen LogP contribution in [0.2, 0.25) is 0 Å². The molecule has 1 aliphatic heterocycles. The molecule has 2 aromatic rings. The Morgan fingerprint density at radius 1 is 0.867 bits per heavy atom. The Kier molecular flexibility index (Phi) is 5.87. The van der Waals surface area contributed by atoms with E-state index < -0.39 is 10.0 Å². The maximum absolute atomic E-state index is 12.7. The highest BCUT2D eigenvalue weighted by Crippen LogP contribution is 2.22. The Bertz CT molecular complexity index is 1040. The molecule has 0 spiro atoms. The number of rotatable bonds is 6. The van der Waals surface area contributed by atoms with Gasteiger partial charge < -0.3 is 10.6 Å². The van der Waals surface area contributed by atoms with Gasteiger partial charge in [0.2, 0.25) is 10.0 Å². The third kappa shape index (κ3) is 4.71. The molecule has 0 atom stereocenters. The highest BCUT2D eigenvalue weighted by atomic mass is 32.2. The van der Waals surface area contributed by atoms with Crippen molar-refractivity contribution in [3.8, 4) is 0 Å². The zero-order valence-electron chi connectivity index (χ0n) is 16.6. The number of carbonyl (C=O) groups is 2. The van der Waals surface area contributed by atoms with Gasteiger partial charge >= 0.3 is 0 Å². The van der Waals surface area contributed by atoms with Crippen LogP contribution in [0.1, 0.15) is 52.8 Å². The van der Waals surface area contributed by atoms with Crippen LogP contribution in [0.3, 0.4) is 0 Å². The summed E-state index contributed by atoms with van der Waals surface area (Å²) in [6.45, 7) is 1.07. The molecule has 7 nitrogen and oxygen atoms in total. The molecule has 2 aliphatic rings. The Hall–Kier alpha value is -2.71. The highest BCUT2D eigenvalue weighted by Gasteiger charge is 2.26. The van der Waals surface area contributed by atoms with Gasteiger partial charge in [-0.1, -0.05) is 12.5 Å². The third-order valence-electron chi connectivity index (χ3n) is 5.36. The summed E-state index contributed by atoms with van der Waals surface area (Å²) >= 11 is 0. The van der Waals surface area contributed by atoms with E-state index >= 15 is 0 Å². The largest absolute Gasteiger partial charge is 0.349 e. The van der Waals surface area contributed by atoms with Gasteiger partial charge in [-0.15, -0.1) is 0 Å². The van der Waals surface area contributed by atoms with Crippen LogP contribution in [0.25, 0.3) is 0 Å². The molecule has 30 heavy (non-hydrogen) atoms. The topological polar surface area (TPSA) is 95.6 Å². The summed E-state index contributed by atoms with van der Waals surface area (Å²) in [7, 11) is -3.53. The average molecular weight is 428 g/mol. The second kappa shape index (κ2) is 8.57. The monoisotopic (exact) mass is 427 g/mol. The first-order valence-electron chi connectivity index (χ1n) is 10.3. The zero-order chi connectivity index (χ0) is 21.1. The number of anilines is 1. The first-order chi connectivity index (χ1) is 14.4. The quantitative estimate of drug-likeness (QED) is 0.741. The van der Waals surface area contributed by atoms with Crippen molar-refractivity contribution in [3.63, 3.8) is 0 Å². The van der Waals surface area contributed by atoms with E-state index in [1.165, 1.54) is 28.6 Å². The van der Waals surface area contributed by atoms with E-state index in [1.54, 1.807) is 24.3 Å². The van der Waals surface area contributed by atoms with Crippen LogP contribution in [-0.4, -0.2) is 43.7 Å². The number of hydrogen-bond donors (Lipinski definition) is 2. The first-order valence-corrected chi connectivity index (χ1v) is 11.7. The van der Waals surface area contributed by atoms with Crippen LogP contribution in [0, 0.1) is 0 Å². The van der Waals surface area contributed by atoms with Gasteiger partial charge in [-0.2, -0.15) is 4.31 Å². The first kappa shape index (κ1) is 20.6.